The molecular formula is C18H17ClF2N2. The first-order valence-electron chi connectivity index (χ1n) is 6.96. The minimum atomic E-state index is -0.740. The highest BCUT2D eigenvalue weighted by Gasteiger charge is 2.22. The zero-order valence-corrected chi connectivity index (χ0v) is 13.6. The number of allylic oxidation sites excluding steroid dienone is 3. The normalized spacial score (nSPS) is 13.4. The zero-order chi connectivity index (χ0) is 17.1. The van der Waals surface area contributed by atoms with Gasteiger partial charge in [-0.15, -0.1) is 0 Å². The molecule has 2 rings (SSSR count). The Bertz CT molecular complexity index is 765. The van der Waals surface area contributed by atoms with Gasteiger partial charge in [-0.3, -0.25) is 0 Å². The molecule has 0 radical (unpaired) electrons. The van der Waals surface area contributed by atoms with Crippen LogP contribution in [0.5, 0.6) is 0 Å². The molecule has 120 valence electrons. The van der Waals surface area contributed by atoms with Crippen LogP contribution in [0.4, 0.5) is 8.78 Å². The topological polar surface area (TPSA) is 52.0 Å². The van der Waals surface area contributed by atoms with Gasteiger partial charge in [0.2, 0.25) is 0 Å². The molecule has 0 bridgehead atoms. The molecule has 2 aromatic carbocycles. The van der Waals surface area contributed by atoms with Crippen molar-refractivity contribution in [2.24, 2.45) is 11.5 Å². The molecule has 0 unspecified atom stereocenters. The summed E-state index contributed by atoms with van der Waals surface area (Å²) in [5.41, 5.74) is 13.4. The van der Waals surface area contributed by atoms with Crippen LogP contribution in [-0.4, -0.2) is 0 Å². The highest BCUT2D eigenvalue weighted by Crippen LogP contribution is 2.37. The Morgan fingerprint density at radius 3 is 1.91 bits per heavy atom. The highest BCUT2D eigenvalue weighted by molar-refractivity contribution is 6.35. The Morgan fingerprint density at radius 2 is 1.48 bits per heavy atom. The molecule has 0 aromatic heterocycles. The summed E-state index contributed by atoms with van der Waals surface area (Å²) in [5.74, 6) is -1.48. The van der Waals surface area contributed by atoms with E-state index in [1.54, 1.807) is 38.1 Å². The number of hydrogen-bond acceptors (Lipinski definition) is 2. The van der Waals surface area contributed by atoms with Gasteiger partial charge < -0.3 is 11.5 Å². The standard InChI is InChI=1S/C18H17ClF2N2/c1-10-8-13(20)16(14(21)9-10)17(18(19)23)15(11(2)22)12-6-4-3-5-7-12/h3-9H,22-23H2,1-2H3/b15-11-,18-17+. The SMILES string of the molecule is C/C(N)=C(/C(=C(\N)Cl)c1c(F)cc(C)cc1F)c1ccccc1. The summed E-state index contributed by atoms with van der Waals surface area (Å²) in [7, 11) is 0. The summed E-state index contributed by atoms with van der Waals surface area (Å²) < 4.78 is 28.8. The van der Waals surface area contributed by atoms with Gasteiger partial charge in [0.1, 0.15) is 16.8 Å². The highest BCUT2D eigenvalue weighted by atomic mass is 35.5. The second-order valence-electron chi connectivity index (χ2n) is 5.25. The fourth-order valence-corrected chi connectivity index (χ4v) is 2.67. The van der Waals surface area contributed by atoms with Crippen molar-refractivity contribution in [2.75, 3.05) is 0 Å². The van der Waals surface area contributed by atoms with Gasteiger partial charge in [0.25, 0.3) is 0 Å². The molecule has 2 nitrogen and oxygen atoms in total. The summed E-state index contributed by atoms with van der Waals surface area (Å²) >= 11 is 5.99. The van der Waals surface area contributed by atoms with Gasteiger partial charge in [0.05, 0.1) is 5.56 Å². The lowest BCUT2D eigenvalue weighted by molar-refractivity contribution is 0.575. The minimum absolute atomic E-state index is 0.0490. The van der Waals surface area contributed by atoms with E-state index in [2.05, 4.69) is 0 Å². The number of nitrogens with two attached hydrogens (primary N) is 2. The Labute approximate surface area is 139 Å². The van der Waals surface area contributed by atoms with Crippen LogP contribution in [0, 0.1) is 18.6 Å². The van der Waals surface area contributed by atoms with Gasteiger partial charge in [0, 0.05) is 16.8 Å². The van der Waals surface area contributed by atoms with Crippen LogP contribution in [0.1, 0.15) is 23.6 Å². The first-order valence-corrected chi connectivity index (χ1v) is 7.34. The van der Waals surface area contributed by atoms with Crippen molar-refractivity contribution in [3.8, 4) is 0 Å². The van der Waals surface area contributed by atoms with Crippen LogP contribution < -0.4 is 11.5 Å². The Morgan fingerprint density at radius 1 is 0.957 bits per heavy atom. The van der Waals surface area contributed by atoms with E-state index < -0.39 is 11.6 Å². The smallest absolute Gasteiger partial charge is 0.134 e. The molecule has 23 heavy (non-hydrogen) atoms. The van der Waals surface area contributed by atoms with Gasteiger partial charge in [-0.2, -0.15) is 0 Å². The molecule has 0 saturated carbocycles. The van der Waals surface area contributed by atoms with E-state index in [0.717, 1.165) is 0 Å². The predicted molar refractivity (Wildman–Crippen MR) is 91.3 cm³/mol. The van der Waals surface area contributed by atoms with Crippen LogP contribution in [0.2, 0.25) is 0 Å². The van der Waals surface area contributed by atoms with Crippen molar-refractivity contribution >= 4 is 22.7 Å². The summed E-state index contributed by atoms with van der Waals surface area (Å²) in [4.78, 5) is 0. The lowest BCUT2D eigenvalue weighted by atomic mass is 9.90. The van der Waals surface area contributed by atoms with E-state index in [9.17, 15) is 8.78 Å². The quantitative estimate of drug-likeness (QED) is 0.640. The van der Waals surface area contributed by atoms with Gasteiger partial charge in [-0.05, 0) is 37.1 Å². The van der Waals surface area contributed by atoms with Crippen molar-refractivity contribution in [2.45, 2.75) is 13.8 Å². The summed E-state index contributed by atoms with van der Waals surface area (Å²) in [6.07, 6.45) is 0. The fourth-order valence-electron chi connectivity index (χ4n) is 2.48. The van der Waals surface area contributed by atoms with E-state index in [1.165, 1.54) is 12.1 Å². The molecule has 2 aromatic rings. The summed E-state index contributed by atoms with van der Waals surface area (Å²) in [6, 6.07) is 11.4. The van der Waals surface area contributed by atoms with Crippen LogP contribution in [0.25, 0.3) is 11.1 Å². The molecule has 0 aliphatic heterocycles. The lowest BCUT2D eigenvalue weighted by Crippen LogP contribution is -2.08. The van der Waals surface area contributed by atoms with Crippen LogP contribution >= 0.6 is 11.6 Å². The Hall–Kier alpha value is -2.33. The van der Waals surface area contributed by atoms with Crippen molar-refractivity contribution in [3.63, 3.8) is 0 Å². The molecule has 0 saturated heterocycles. The number of hydrogen-bond donors (Lipinski definition) is 2. The van der Waals surface area contributed by atoms with Crippen molar-refractivity contribution in [3.05, 3.63) is 81.6 Å². The van der Waals surface area contributed by atoms with Gasteiger partial charge in [0.15, 0.2) is 0 Å². The second-order valence-corrected chi connectivity index (χ2v) is 5.66. The molecule has 0 amide bonds. The molecule has 4 N–H and O–H groups in total. The molecule has 0 aliphatic carbocycles. The van der Waals surface area contributed by atoms with Crippen LogP contribution in [0.15, 0.2) is 53.3 Å². The van der Waals surface area contributed by atoms with E-state index >= 15 is 0 Å². The maximum Gasteiger partial charge on any atom is 0.134 e. The largest absolute Gasteiger partial charge is 0.402 e. The monoisotopic (exact) mass is 334 g/mol. The van der Waals surface area contributed by atoms with E-state index in [-0.39, 0.29) is 16.3 Å². The maximum absolute atomic E-state index is 14.4. The number of aryl methyl sites for hydroxylation is 1. The molecule has 0 aliphatic rings. The van der Waals surface area contributed by atoms with Crippen LogP contribution in [-0.2, 0) is 0 Å². The first kappa shape index (κ1) is 17.0. The van der Waals surface area contributed by atoms with Gasteiger partial charge in [-0.1, -0.05) is 41.9 Å². The van der Waals surface area contributed by atoms with Crippen molar-refractivity contribution < 1.29 is 8.78 Å². The fraction of sp³-hybridized carbons (Fsp3) is 0.111. The Kier molecular flexibility index (Phi) is 5.06. The van der Waals surface area contributed by atoms with E-state index in [0.29, 0.717) is 22.4 Å². The second kappa shape index (κ2) is 6.84. The molecule has 0 spiro atoms. The molecule has 0 heterocycles. The van der Waals surface area contributed by atoms with Crippen molar-refractivity contribution in [1.29, 1.82) is 0 Å². The molecular weight excluding hydrogens is 318 g/mol. The Balaban J connectivity index is 2.79. The average Bonchev–Trinajstić information content (AvgIpc) is 2.45. The van der Waals surface area contributed by atoms with E-state index in [4.69, 9.17) is 23.1 Å². The molecule has 5 heteroatoms. The maximum atomic E-state index is 14.4. The predicted octanol–water partition coefficient (Wildman–Crippen LogP) is 4.53. The number of benzene rings is 2. The third-order valence-corrected chi connectivity index (χ3v) is 3.57. The van der Waals surface area contributed by atoms with E-state index in [1.807, 2.05) is 6.07 Å². The lowest BCUT2D eigenvalue weighted by Gasteiger charge is -2.17. The first-order chi connectivity index (χ1) is 10.8. The molecule has 0 atom stereocenters. The number of rotatable bonds is 3. The number of halogens is 3. The third-order valence-electron chi connectivity index (χ3n) is 3.38. The van der Waals surface area contributed by atoms with Gasteiger partial charge in [-0.25, -0.2) is 8.78 Å². The summed E-state index contributed by atoms with van der Waals surface area (Å²) in [6.45, 7) is 3.23. The average molecular weight is 335 g/mol. The van der Waals surface area contributed by atoms with Crippen molar-refractivity contribution in [1.82, 2.24) is 0 Å². The van der Waals surface area contributed by atoms with Gasteiger partial charge >= 0.3 is 0 Å². The zero-order valence-electron chi connectivity index (χ0n) is 12.8. The molecule has 0 fully saturated rings. The third kappa shape index (κ3) is 3.54. The minimum Gasteiger partial charge on any atom is -0.402 e. The summed E-state index contributed by atoms with van der Waals surface area (Å²) in [5, 5.41) is -0.227. The van der Waals surface area contributed by atoms with Crippen LogP contribution in [0.3, 0.4) is 0 Å².